The second kappa shape index (κ2) is 5.76. The van der Waals surface area contributed by atoms with E-state index in [1.165, 1.54) is 23.2 Å². The molecule has 0 unspecified atom stereocenters. The zero-order chi connectivity index (χ0) is 11.3. The van der Waals surface area contributed by atoms with Crippen molar-refractivity contribution in [3.05, 3.63) is 29.3 Å². The standard InChI is InChI=1S/C13H22N2/c1-4-8-15(5-2)13-7-6-12(10-14)9-11(13)3/h6-7,9H,4-5,8,10,14H2,1-3H3. The first kappa shape index (κ1) is 12.1. The van der Waals surface area contributed by atoms with Crippen molar-refractivity contribution in [2.75, 3.05) is 18.0 Å². The number of hydrogen-bond donors (Lipinski definition) is 1. The lowest BCUT2D eigenvalue weighted by molar-refractivity contribution is 0.788. The summed E-state index contributed by atoms with van der Waals surface area (Å²) in [5.41, 5.74) is 9.51. The maximum atomic E-state index is 5.62. The van der Waals surface area contributed by atoms with Gasteiger partial charge in [0.05, 0.1) is 0 Å². The van der Waals surface area contributed by atoms with E-state index < -0.39 is 0 Å². The first-order chi connectivity index (χ1) is 7.22. The largest absolute Gasteiger partial charge is 0.372 e. The summed E-state index contributed by atoms with van der Waals surface area (Å²) in [7, 11) is 0. The van der Waals surface area contributed by atoms with Gasteiger partial charge in [0.15, 0.2) is 0 Å². The van der Waals surface area contributed by atoms with Crippen LogP contribution in [0.5, 0.6) is 0 Å². The lowest BCUT2D eigenvalue weighted by Gasteiger charge is -2.24. The highest BCUT2D eigenvalue weighted by molar-refractivity contribution is 5.54. The molecule has 1 aromatic carbocycles. The van der Waals surface area contributed by atoms with Crippen molar-refractivity contribution in [1.29, 1.82) is 0 Å². The Bertz CT molecular complexity index is 307. The number of hydrogen-bond acceptors (Lipinski definition) is 2. The molecule has 1 aromatic rings. The third-order valence-electron chi connectivity index (χ3n) is 2.71. The molecule has 0 bridgehead atoms. The smallest absolute Gasteiger partial charge is 0.0396 e. The van der Waals surface area contributed by atoms with E-state index in [9.17, 15) is 0 Å². The fourth-order valence-corrected chi connectivity index (χ4v) is 1.92. The predicted molar refractivity (Wildman–Crippen MR) is 67.2 cm³/mol. The lowest BCUT2D eigenvalue weighted by Crippen LogP contribution is -2.24. The van der Waals surface area contributed by atoms with Crippen LogP contribution in [0.4, 0.5) is 5.69 Å². The van der Waals surface area contributed by atoms with E-state index in [1.807, 2.05) is 0 Å². The number of rotatable bonds is 5. The van der Waals surface area contributed by atoms with Gasteiger partial charge in [0.1, 0.15) is 0 Å². The van der Waals surface area contributed by atoms with Crippen LogP contribution in [0.3, 0.4) is 0 Å². The minimum Gasteiger partial charge on any atom is -0.372 e. The van der Waals surface area contributed by atoms with Crippen LogP contribution in [-0.2, 0) is 6.54 Å². The lowest BCUT2D eigenvalue weighted by atomic mass is 10.1. The first-order valence-corrected chi connectivity index (χ1v) is 5.77. The zero-order valence-corrected chi connectivity index (χ0v) is 10.1. The molecule has 0 aromatic heterocycles. The van der Waals surface area contributed by atoms with Crippen molar-refractivity contribution < 1.29 is 0 Å². The Morgan fingerprint density at radius 2 is 2.00 bits per heavy atom. The van der Waals surface area contributed by atoms with Gasteiger partial charge in [-0.15, -0.1) is 0 Å². The van der Waals surface area contributed by atoms with Crippen LogP contribution in [0.1, 0.15) is 31.4 Å². The minimum absolute atomic E-state index is 0.626. The van der Waals surface area contributed by atoms with Gasteiger partial charge in [-0.05, 0) is 37.5 Å². The monoisotopic (exact) mass is 206 g/mol. The van der Waals surface area contributed by atoms with Crippen molar-refractivity contribution in [2.24, 2.45) is 5.73 Å². The number of anilines is 1. The molecule has 0 heterocycles. The summed E-state index contributed by atoms with van der Waals surface area (Å²) < 4.78 is 0. The van der Waals surface area contributed by atoms with Crippen LogP contribution >= 0.6 is 0 Å². The topological polar surface area (TPSA) is 29.3 Å². The van der Waals surface area contributed by atoms with Gasteiger partial charge in [0.25, 0.3) is 0 Å². The molecule has 2 heteroatoms. The first-order valence-electron chi connectivity index (χ1n) is 5.77. The van der Waals surface area contributed by atoms with Crippen molar-refractivity contribution in [1.82, 2.24) is 0 Å². The van der Waals surface area contributed by atoms with E-state index in [1.54, 1.807) is 0 Å². The van der Waals surface area contributed by atoms with Crippen LogP contribution in [0.2, 0.25) is 0 Å². The highest BCUT2D eigenvalue weighted by atomic mass is 15.1. The van der Waals surface area contributed by atoms with E-state index in [0.717, 1.165) is 13.1 Å². The molecule has 0 aliphatic carbocycles. The number of aryl methyl sites for hydroxylation is 1. The van der Waals surface area contributed by atoms with Crippen LogP contribution < -0.4 is 10.6 Å². The molecule has 2 N–H and O–H groups in total. The van der Waals surface area contributed by atoms with Crippen LogP contribution in [0.15, 0.2) is 18.2 Å². The summed E-state index contributed by atoms with van der Waals surface area (Å²) in [5.74, 6) is 0. The molecule has 0 fully saturated rings. The van der Waals surface area contributed by atoms with Crippen molar-refractivity contribution in [3.8, 4) is 0 Å². The van der Waals surface area contributed by atoms with Gasteiger partial charge >= 0.3 is 0 Å². The molecule has 0 aliphatic rings. The summed E-state index contributed by atoms with van der Waals surface area (Å²) in [6.45, 7) is 9.39. The summed E-state index contributed by atoms with van der Waals surface area (Å²) in [6, 6.07) is 6.50. The Labute approximate surface area is 93.1 Å². The molecule has 0 aliphatic heterocycles. The van der Waals surface area contributed by atoms with Crippen LogP contribution in [0.25, 0.3) is 0 Å². The fraction of sp³-hybridized carbons (Fsp3) is 0.538. The van der Waals surface area contributed by atoms with Crippen LogP contribution in [-0.4, -0.2) is 13.1 Å². The predicted octanol–water partition coefficient (Wildman–Crippen LogP) is 2.69. The van der Waals surface area contributed by atoms with E-state index in [4.69, 9.17) is 5.73 Å². The highest BCUT2D eigenvalue weighted by Crippen LogP contribution is 2.21. The van der Waals surface area contributed by atoms with Gasteiger partial charge in [-0.25, -0.2) is 0 Å². The zero-order valence-electron chi connectivity index (χ0n) is 10.1. The van der Waals surface area contributed by atoms with Crippen molar-refractivity contribution in [3.63, 3.8) is 0 Å². The third kappa shape index (κ3) is 2.96. The molecular weight excluding hydrogens is 184 g/mol. The normalized spacial score (nSPS) is 10.4. The molecule has 0 amide bonds. The second-order valence-electron chi connectivity index (χ2n) is 3.90. The van der Waals surface area contributed by atoms with Gasteiger partial charge in [-0.1, -0.05) is 19.1 Å². The van der Waals surface area contributed by atoms with E-state index in [-0.39, 0.29) is 0 Å². The molecule has 0 spiro atoms. The molecule has 0 radical (unpaired) electrons. The van der Waals surface area contributed by atoms with Crippen LogP contribution in [0, 0.1) is 6.92 Å². The molecule has 15 heavy (non-hydrogen) atoms. The quantitative estimate of drug-likeness (QED) is 0.802. The SMILES string of the molecule is CCCN(CC)c1ccc(CN)cc1C. The van der Waals surface area contributed by atoms with Gasteiger partial charge in [-0.3, -0.25) is 0 Å². The van der Waals surface area contributed by atoms with Crippen molar-refractivity contribution >= 4 is 5.69 Å². The maximum absolute atomic E-state index is 5.62. The van der Waals surface area contributed by atoms with Gasteiger partial charge in [0.2, 0.25) is 0 Å². The second-order valence-corrected chi connectivity index (χ2v) is 3.90. The third-order valence-corrected chi connectivity index (χ3v) is 2.71. The average molecular weight is 206 g/mol. The number of nitrogens with zero attached hydrogens (tertiary/aromatic N) is 1. The minimum atomic E-state index is 0.626. The molecule has 0 atom stereocenters. The molecule has 2 nitrogen and oxygen atoms in total. The molecule has 84 valence electrons. The van der Waals surface area contributed by atoms with Gasteiger partial charge < -0.3 is 10.6 Å². The Kier molecular flexibility index (Phi) is 4.63. The molecule has 1 rings (SSSR count). The fourth-order valence-electron chi connectivity index (χ4n) is 1.92. The summed E-state index contributed by atoms with van der Waals surface area (Å²) in [5, 5.41) is 0. The highest BCUT2D eigenvalue weighted by Gasteiger charge is 2.06. The molecular formula is C13H22N2. The Hall–Kier alpha value is -1.02. The average Bonchev–Trinajstić information content (AvgIpc) is 2.26. The molecule has 0 saturated carbocycles. The summed E-state index contributed by atoms with van der Waals surface area (Å²) >= 11 is 0. The number of nitrogens with two attached hydrogens (primary N) is 1. The Morgan fingerprint density at radius 1 is 1.27 bits per heavy atom. The van der Waals surface area contributed by atoms with Crippen molar-refractivity contribution in [2.45, 2.75) is 33.7 Å². The Morgan fingerprint density at radius 3 is 2.47 bits per heavy atom. The van der Waals surface area contributed by atoms with E-state index >= 15 is 0 Å². The summed E-state index contributed by atoms with van der Waals surface area (Å²) in [6.07, 6.45) is 1.19. The van der Waals surface area contributed by atoms with Gasteiger partial charge in [0, 0.05) is 25.3 Å². The van der Waals surface area contributed by atoms with Gasteiger partial charge in [-0.2, -0.15) is 0 Å². The summed E-state index contributed by atoms with van der Waals surface area (Å²) in [4.78, 5) is 2.41. The van der Waals surface area contributed by atoms with E-state index in [2.05, 4.69) is 43.9 Å². The van der Waals surface area contributed by atoms with E-state index in [0.29, 0.717) is 6.54 Å². The number of benzene rings is 1. The Balaban J connectivity index is 2.92. The molecule has 0 saturated heterocycles. The maximum Gasteiger partial charge on any atom is 0.0396 e.